The fourth-order valence-corrected chi connectivity index (χ4v) is 5.84. The highest BCUT2D eigenvalue weighted by atomic mass is 35.5. The zero-order valence-corrected chi connectivity index (χ0v) is 21.8. The zero-order chi connectivity index (χ0) is 24.9. The third-order valence-corrected chi connectivity index (χ3v) is 7.85. The average Bonchev–Trinajstić information content (AvgIpc) is 3.27. The number of thiophene rings is 1. The van der Waals surface area contributed by atoms with E-state index in [0.717, 1.165) is 48.1 Å². The maximum Gasteiger partial charge on any atom is 0.259 e. The summed E-state index contributed by atoms with van der Waals surface area (Å²) < 4.78 is 6.08. The van der Waals surface area contributed by atoms with Crippen molar-refractivity contribution in [3.63, 3.8) is 0 Å². The molecule has 0 atom stereocenters. The molecular formula is C29H24Cl2N2O2S. The van der Waals surface area contributed by atoms with Crippen molar-refractivity contribution in [3.05, 3.63) is 110 Å². The van der Waals surface area contributed by atoms with Crippen molar-refractivity contribution in [2.24, 2.45) is 4.99 Å². The molecule has 0 unspecified atom stereocenters. The van der Waals surface area contributed by atoms with Gasteiger partial charge in [0.2, 0.25) is 0 Å². The van der Waals surface area contributed by atoms with E-state index in [0.29, 0.717) is 33.0 Å². The summed E-state index contributed by atoms with van der Waals surface area (Å²) in [6, 6.07) is 22.5. The normalized spacial score (nSPS) is 12.9. The number of nitrogens with zero attached hydrogens (tertiary/aromatic N) is 1. The molecule has 1 amide bonds. The lowest BCUT2D eigenvalue weighted by Gasteiger charge is -2.13. The molecule has 1 heterocycles. The molecule has 182 valence electrons. The van der Waals surface area contributed by atoms with Crippen molar-refractivity contribution in [1.82, 2.24) is 0 Å². The standard InChI is InChI=1S/C29H24Cl2N2O2S/c30-21-14-15-25(35-18-19-8-4-6-12-24(19)31)20(16-21)17-32-29-27(23-11-5-7-13-26(23)36-29)28(34)33-22-9-2-1-3-10-22/h1-4,6,8-10,12,14-17H,5,7,11,13,18H2,(H,33,34). The number of carbonyl (C=O) groups excluding carboxylic acids is 1. The molecule has 36 heavy (non-hydrogen) atoms. The number of ether oxygens (including phenoxy) is 1. The van der Waals surface area contributed by atoms with Crippen LogP contribution in [0.3, 0.4) is 0 Å². The molecule has 1 aromatic heterocycles. The number of hydrogen-bond donors (Lipinski definition) is 1. The predicted octanol–water partition coefficient (Wildman–Crippen LogP) is 8.52. The Labute approximate surface area is 224 Å². The molecule has 0 fully saturated rings. The molecule has 0 saturated carbocycles. The van der Waals surface area contributed by atoms with Gasteiger partial charge < -0.3 is 10.1 Å². The summed E-state index contributed by atoms with van der Waals surface area (Å²) in [5.41, 5.74) is 4.17. The number of aryl methyl sites for hydroxylation is 1. The second-order valence-corrected chi connectivity index (χ2v) is 10.5. The van der Waals surface area contributed by atoms with E-state index in [1.807, 2.05) is 66.7 Å². The lowest BCUT2D eigenvalue weighted by Crippen LogP contribution is -2.14. The van der Waals surface area contributed by atoms with Gasteiger partial charge >= 0.3 is 0 Å². The Morgan fingerprint density at radius 1 is 1.00 bits per heavy atom. The van der Waals surface area contributed by atoms with Crippen molar-refractivity contribution in [1.29, 1.82) is 0 Å². The van der Waals surface area contributed by atoms with E-state index >= 15 is 0 Å². The van der Waals surface area contributed by atoms with E-state index in [9.17, 15) is 4.79 Å². The monoisotopic (exact) mass is 534 g/mol. The van der Waals surface area contributed by atoms with Crippen molar-refractivity contribution in [2.75, 3.05) is 5.32 Å². The van der Waals surface area contributed by atoms with Crippen LogP contribution in [0.1, 0.15) is 44.8 Å². The average molecular weight is 535 g/mol. The van der Waals surface area contributed by atoms with Gasteiger partial charge in [-0.25, -0.2) is 4.99 Å². The quantitative estimate of drug-likeness (QED) is 0.241. The van der Waals surface area contributed by atoms with Crippen LogP contribution in [0.5, 0.6) is 5.75 Å². The van der Waals surface area contributed by atoms with Crippen LogP contribution in [-0.2, 0) is 19.4 Å². The van der Waals surface area contributed by atoms with Gasteiger partial charge in [0.25, 0.3) is 5.91 Å². The number of fused-ring (bicyclic) bond motifs is 1. The molecule has 0 bridgehead atoms. The van der Waals surface area contributed by atoms with Gasteiger partial charge in [-0.2, -0.15) is 0 Å². The number of rotatable bonds is 7. The Morgan fingerprint density at radius 2 is 1.78 bits per heavy atom. The van der Waals surface area contributed by atoms with Crippen LogP contribution >= 0.6 is 34.5 Å². The molecule has 4 nitrogen and oxygen atoms in total. The molecule has 1 aliphatic rings. The van der Waals surface area contributed by atoms with Gasteiger partial charge in [-0.15, -0.1) is 11.3 Å². The highest BCUT2D eigenvalue weighted by Gasteiger charge is 2.25. The lowest BCUT2D eigenvalue weighted by atomic mass is 9.95. The maximum atomic E-state index is 13.4. The van der Waals surface area contributed by atoms with E-state index in [1.165, 1.54) is 4.88 Å². The van der Waals surface area contributed by atoms with Gasteiger partial charge in [-0.05, 0) is 67.6 Å². The van der Waals surface area contributed by atoms with E-state index in [1.54, 1.807) is 23.6 Å². The van der Waals surface area contributed by atoms with Gasteiger partial charge in [0.1, 0.15) is 17.4 Å². The van der Waals surface area contributed by atoms with Crippen LogP contribution in [0.25, 0.3) is 0 Å². The summed E-state index contributed by atoms with van der Waals surface area (Å²) in [5, 5.41) is 4.96. The number of amides is 1. The fourth-order valence-electron chi connectivity index (χ4n) is 4.24. The first-order valence-corrected chi connectivity index (χ1v) is 13.4. The van der Waals surface area contributed by atoms with Crippen LogP contribution in [0.15, 0.2) is 77.8 Å². The van der Waals surface area contributed by atoms with Crippen molar-refractivity contribution >= 4 is 57.3 Å². The summed E-state index contributed by atoms with van der Waals surface area (Å²) in [6.07, 6.45) is 5.80. The van der Waals surface area contributed by atoms with Crippen molar-refractivity contribution < 1.29 is 9.53 Å². The number of carbonyl (C=O) groups is 1. The molecule has 0 radical (unpaired) electrons. The van der Waals surface area contributed by atoms with Crippen LogP contribution in [0, 0.1) is 0 Å². The molecule has 4 aromatic rings. The van der Waals surface area contributed by atoms with E-state index < -0.39 is 0 Å². The number of aliphatic imine (C=N–C) groups is 1. The Balaban J connectivity index is 1.44. The molecule has 1 aliphatic carbocycles. The first-order chi connectivity index (χ1) is 17.6. The maximum absolute atomic E-state index is 13.4. The van der Waals surface area contributed by atoms with Gasteiger partial charge in [-0.1, -0.05) is 59.6 Å². The Kier molecular flexibility index (Phi) is 7.71. The summed E-state index contributed by atoms with van der Waals surface area (Å²) in [6.45, 7) is 0.320. The second-order valence-electron chi connectivity index (χ2n) is 8.53. The third-order valence-electron chi connectivity index (χ3n) is 6.05. The van der Waals surface area contributed by atoms with Crippen LogP contribution < -0.4 is 10.1 Å². The number of anilines is 1. The lowest BCUT2D eigenvalue weighted by molar-refractivity contribution is 0.102. The smallest absolute Gasteiger partial charge is 0.259 e. The number of hydrogen-bond acceptors (Lipinski definition) is 4. The fraction of sp³-hybridized carbons (Fsp3) is 0.172. The Hall–Kier alpha value is -3.12. The highest BCUT2D eigenvalue weighted by molar-refractivity contribution is 7.16. The van der Waals surface area contributed by atoms with Crippen LogP contribution in [0.2, 0.25) is 10.0 Å². The van der Waals surface area contributed by atoms with E-state index in [-0.39, 0.29) is 5.91 Å². The second kappa shape index (κ2) is 11.3. The third kappa shape index (κ3) is 5.65. The number of halogens is 2. The summed E-state index contributed by atoms with van der Waals surface area (Å²) >= 11 is 14.2. The summed E-state index contributed by atoms with van der Waals surface area (Å²) in [4.78, 5) is 19.4. The Morgan fingerprint density at radius 3 is 2.61 bits per heavy atom. The first kappa shape index (κ1) is 24.6. The van der Waals surface area contributed by atoms with Gasteiger partial charge in [0, 0.05) is 38.0 Å². The van der Waals surface area contributed by atoms with Gasteiger partial charge in [0.15, 0.2) is 0 Å². The number of nitrogens with one attached hydrogen (secondary N) is 1. The first-order valence-electron chi connectivity index (χ1n) is 11.8. The van der Waals surface area contributed by atoms with Crippen LogP contribution in [-0.4, -0.2) is 12.1 Å². The zero-order valence-electron chi connectivity index (χ0n) is 19.5. The van der Waals surface area contributed by atoms with Crippen molar-refractivity contribution in [3.8, 4) is 5.75 Å². The number of benzene rings is 3. The van der Waals surface area contributed by atoms with Crippen molar-refractivity contribution in [2.45, 2.75) is 32.3 Å². The molecule has 0 saturated heterocycles. The molecule has 0 aliphatic heterocycles. The Bertz CT molecular complexity index is 1420. The predicted molar refractivity (Wildman–Crippen MR) is 150 cm³/mol. The van der Waals surface area contributed by atoms with Crippen LogP contribution in [0.4, 0.5) is 10.7 Å². The molecule has 7 heteroatoms. The topological polar surface area (TPSA) is 50.7 Å². The summed E-state index contributed by atoms with van der Waals surface area (Å²) in [5.74, 6) is 0.508. The largest absolute Gasteiger partial charge is 0.488 e. The summed E-state index contributed by atoms with van der Waals surface area (Å²) in [7, 11) is 0. The van der Waals surface area contributed by atoms with Gasteiger partial charge in [0.05, 0.1) is 5.56 Å². The highest BCUT2D eigenvalue weighted by Crippen LogP contribution is 2.40. The minimum Gasteiger partial charge on any atom is -0.488 e. The molecule has 0 spiro atoms. The molecular weight excluding hydrogens is 511 g/mol. The molecule has 1 N–H and O–H groups in total. The van der Waals surface area contributed by atoms with Gasteiger partial charge in [-0.3, -0.25) is 4.79 Å². The van der Waals surface area contributed by atoms with E-state index in [2.05, 4.69) is 5.32 Å². The minimum atomic E-state index is -0.131. The number of para-hydroxylation sites is 1. The van der Waals surface area contributed by atoms with E-state index in [4.69, 9.17) is 32.9 Å². The SMILES string of the molecule is O=C(Nc1ccccc1)c1c(N=Cc2cc(Cl)ccc2OCc2ccccc2Cl)sc2c1CCCC2. The molecule has 5 rings (SSSR count). The molecule has 3 aromatic carbocycles. The minimum absolute atomic E-state index is 0.131.